The van der Waals surface area contributed by atoms with Crippen LogP contribution in [0.2, 0.25) is 0 Å². The fourth-order valence-corrected chi connectivity index (χ4v) is 4.74. The summed E-state index contributed by atoms with van der Waals surface area (Å²) in [5.41, 5.74) is 5.76. The molecule has 0 spiro atoms. The number of carbonyl (C=O) groups is 3. The molecule has 9 nitrogen and oxygen atoms in total. The highest BCUT2D eigenvalue weighted by Crippen LogP contribution is 2.36. The lowest BCUT2D eigenvalue weighted by Crippen LogP contribution is -2.45. The van der Waals surface area contributed by atoms with Crippen molar-refractivity contribution in [3.8, 4) is 0 Å². The fraction of sp³-hybridized carbons (Fsp3) is 0.375. The summed E-state index contributed by atoms with van der Waals surface area (Å²) >= 11 is 0. The van der Waals surface area contributed by atoms with E-state index in [-0.39, 0.29) is 11.8 Å². The number of morpholine rings is 1. The number of hydrogen-bond donors (Lipinski definition) is 3. The van der Waals surface area contributed by atoms with Crippen molar-refractivity contribution in [1.82, 2.24) is 14.8 Å². The van der Waals surface area contributed by atoms with Crippen LogP contribution in [0.15, 0.2) is 18.2 Å². The number of ether oxygens (including phenoxy) is 1. The van der Waals surface area contributed by atoms with Gasteiger partial charge in [-0.3, -0.25) is 19.3 Å². The Morgan fingerprint density at radius 2 is 1.97 bits per heavy atom. The van der Waals surface area contributed by atoms with E-state index in [9.17, 15) is 14.4 Å². The number of rotatable bonds is 6. The third-order valence-corrected chi connectivity index (χ3v) is 6.61. The lowest BCUT2D eigenvalue weighted by atomic mass is 10.0. The molecule has 4 heterocycles. The quantitative estimate of drug-likeness (QED) is 0.460. The Morgan fingerprint density at radius 3 is 2.76 bits per heavy atom. The molecule has 3 amide bonds. The van der Waals surface area contributed by atoms with Crippen LogP contribution < -0.4 is 10.6 Å². The number of H-pyrrole nitrogens is 1. The highest BCUT2D eigenvalue weighted by atomic mass is 16.5. The Labute approximate surface area is 191 Å². The first-order valence-electron chi connectivity index (χ1n) is 11.2. The molecule has 3 aliphatic heterocycles. The van der Waals surface area contributed by atoms with E-state index in [4.69, 9.17) is 4.74 Å². The monoisotopic (exact) mass is 449 g/mol. The van der Waals surface area contributed by atoms with Crippen molar-refractivity contribution >= 4 is 41.2 Å². The van der Waals surface area contributed by atoms with Gasteiger partial charge in [-0.05, 0) is 36.8 Å². The fourth-order valence-electron chi connectivity index (χ4n) is 4.74. The van der Waals surface area contributed by atoms with E-state index >= 15 is 0 Å². The molecule has 0 bridgehead atoms. The summed E-state index contributed by atoms with van der Waals surface area (Å²) < 4.78 is 5.40. The van der Waals surface area contributed by atoms with E-state index in [0.29, 0.717) is 42.0 Å². The molecule has 1 fully saturated rings. The number of carbonyl (C=O) groups excluding carboxylic acids is 3. The van der Waals surface area contributed by atoms with Crippen LogP contribution in [0, 0.1) is 6.92 Å². The first-order chi connectivity index (χ1) is 16.0. The second-order valence-electron chi connectivity index (χ2n) is 8.55. The molecule has 5 rings (SSSR count). The van der Waals surface area contributed by atoms with Crippen molar-refractivity contribution < 1.29 is 19.1 Å². The summed E-state index contributed by atoms with van der Waals surface area (Å²) in [6.07, 6.45) is 3.16. The smallest absolute Gasteiger partial charge is 0.256 e. The van der Waals surface area contributed by atoms with Crippen LogP contribution in [0.25, 0.3) is 11.6 Å². The summed E-state index contributed by atoms with van der Waals surface area (Å²) in [7, 11) is 0. The Bertz CT molecular complexity index is 1150. The Morgan fingerprint density at radius 1 is 1.15 bits per heavy atom. The van der Waals surface area contributed by atoms with Gasteiger partial charge in [0, 0.05) is 67.5 Å². The first kappa shape index (κ1) is 21.4. The zero-order valence-corrected chi connectivity index (χ0v) is 18.6. The number of benzene rings is 1. The number of amides is 3. The normalized spacial score (nSPS) is 19.4. The number of hydrogen-bond acceptors (Lipinski definition) is 5. The molecule has 1 aromatic carbocycles. The van der Waals surface area contributed by atoms with Crippen molar-refractivity contribution in [3.05, 3.63) is 46.3 Å². The summed E-state index contributed by atoms with van der Waals surface area (Å²) in [5.74, 6) is -0.171. The van der Waals surface area contributed by atoms with Crippen LogP contribution in [0.4, 0.5) is 11.4 Å². The second-order valence-corrected chi connectivity index (χ2v) is 8.55. The number of anilines is 2. The maximum atomic E-state index is 13.3. The van der Waals surface area contributed by atoms with Crippen LogP contribution in [0.1, 0.15) is 32.9 Å². The minimum Gasteiger partial charge on any atom is -0.379 e. The average molecular weight is 450 g/mol. The van der Waals surface area contributed by atoms with Crippen molar-refractivity contribution in [1.29, 1.82) is 0 Å². The zero-order chi connectivity index (χ0) is 22.9. The molecular weight excluding hydrogens is 422 g/mol. The number of fused-ring (bicyclic) bond motifs is 2. The number of nitrogens with one attached hydrogen (secondary N) is 3. The molecule has 172 valence electrons. The standard InChI is InChI=1S/C24H27N5O4/c1-15-21(13-18-17-12-16(25-14-30)2-3-19(17)27-23(18)31)26-20-4-5-29(24(32)22(15)20)7-6-28-8-10-33-11-9-28/h2-3,12-14,26H,4-11H2,1H3,(H,25,30)(H,27,31). The molecule has 0 aliphatic carbocycles. The zero-order valence-electron chi connectivity index (χ0n) is 18.6. The summed E-state index contributed by atoms with van der Waals surface area (Å²) in [6, 6.07) is 5.27. The van der Waals surface area contributed by atoms with Gasteiger partial charge in [-0.25, -0.2) is 0 Å². The van der Waals surface area contributed by atoms with E-state index in [1.54, 1.807) is 24.3 Å². The molecule has 1 aromatic heterocycles. The van der Waals surface area contributed by atoms with Gasteiger partial charge in [0.2, 0.25) is 6.41 Å². The van der Waals surface area contributed by atoms with Crippen molar-refractivity contribution in [2.45, 2.75) is 13.3 Å². The molecule has 0 saturated carbocycles. The number of aromatic amines is 1. The first-order valence-corrected chi connectivity index (χ1v) is 11.2. The lowest BCUT2D eigenvalue weighted by Gasteiger charge is -2.32. The average Bonchev–Trinajstić information content (AvgIpc) is 3.31. The van der Waals surface area contributed by atoms with Crippen LogP contribution in [-0.4, -0.2) is 78.9 Å². The van der Waals surface area contributed by atoms with E-state index in [1.807, 2.05) is 11.8 Å². The van der Waals surface area contributed by atoms with Gasteiger partial charge in [0.25, 0.3) is 11.8 Å². The van der Waals surface area contributed by atoms with E-state index < -0.39 is 0 Å². The Hall–Kier alpha value is -3.43. The second kappa shape index (κ2) is 8.84. The van der Waals surface area contributed by atoms with Crippen molar-refractivity contribution in [3.63, 3.8) is 0 Å². The highest BCUT2D eigenvalue weighted by Gasteiger charge is 2.30. The third kappa shape index (κ3) is 4.05. The molecule has 9 heteroatoms. The minimum absolute atomic E-state index is 0.0386. The van der Waals surface area contributed by atoms with Gasteiger partial charge in [0.05, 0.1) is 24.4 Å². The number of aromatic nitrogens is 1. The van der Waals surface area contributed by atoms with Gasteiger partial charge in [-0.15, -0.1) is 0 Å². The van der Waals surface area contributed by atoms with Crippen molar-refractivity contribution in [2.75, 3.05) is 56.6 Å². The van der Waals surface area contributed by atoms with Crippen LogP contribution in [-0.2, 0) is 20.7 Å². The predicted molar refractivity (Wildman–Crippen MR) is 125 cm³/mol. The van der Waals surface area contributed by atoms with Crippen LogP contribution >= 0.6 is 0 Å². The van der Waals surface area contributed by atoms with Crippen molar-refractivity contribution in [2.24, 2.45) is 0 Å². The Balaban J connectivity index is 1.39. The molecule has 3 N–H and O–H groups in total. The van der Waals surface area contributed by atoms with E-state index in [2.05, 4.69) is 20.5 Å². The SMILES string of the molecule is Cc1c(C=C2C(=O)Nc3ccc(NC=O)cc32)[nH]c2c1C(=O)N(CCN1CCOCC1)CC2. The molecular formula is C24H27N5O4. The third-order valence-electron chi connectivity index (χ3n) is 6.61. The largest absolute Gasteiger partial charge is 0.379 e. The minimum atomic E-state index is -0.210. The summed E-state index contributed by atoms with van der Waals surface area (Å²) in [4.78, 5) is 44.3. The lowest BCUT2D eigenvalue weighted by molar-refractivity contribution is -0.110. The van der Waals surface area contributed by atoms with Gasteiger partial charge in [0.15, 0.2) is 0 Å². The van der Waals surface area contributed by atoms with E-state index in [1.165, 1.54) is 0 Å². The molecule has 3 aliphatic rings. The van der Waals surface area contributed by atoms with Crippen LogP contribution in [0.3, 0.4) is 0 Å². The number of nitrogens with zero attached hydrogens (tertiary/aromatic N) is 2. The van der Waals surface area contributed by atoms with Gasteiger partial charge in [-0.1, -0.05) is 0 Å². The van der Waals surface area contributed by atoms with Crippen LogP contribution in [0.5, 0.6) is 0 Å². The molecule has 1 saturated heterocycles. The molecule has 2 aromatic rings. The molecule has 0 atom stereocenters. The maximum absolute atomic E-state index is 13.3. The Kier molecular flexibility index (Phi) is 5.74. The predicted octanol–water partition coefficient (Wildman–Crippen LogP) is 1.71. The summed E-state index contributed by atoms with van der Waals surface area (Å²) in [5, 5.41) is 5.47. The maximum Gasteiger partial charge on any atom is 0.256 e. The molecule has 33 heavy (non-hydrogen) atoms. The highest BCUT2D eigenvalue weighted by molar-refractivity contribution is 6.35. The van der Waals surface area contributed by atoms with Gasteiger partial charge >= 0.3 is 0 Å². The van der Waals surface area contributed by atoms with E-state index in [0.717, 1.165) is 61.8 Å². The summed E-state index contributed by atoms with van der Waals surface area (Å²) in [6.45, 7) is 7.44. The topological polar surface area (TPSA) is 107 Å². The van der Waals surface area contributed by atoms with Gasteiger partial charge in [0.1, 0.15) is 0 Å². The molecule has 0 unspecified atom stereocenters. The van der Waals surface area contributed by atoms with Gasteiger partial charge in [-0.2, -0.15) is 0 Å². The van der Waals surface area contributed by atoms with Gasteiger partial charge < -0.3 is 25.3 Å². The molecule has 0 radical (unpaired) electrons.